The van der Waals surface area contributed by atoms with Gasteiger partial charge in [-0.3, -0.25) is 4.79 Å². The fraction of sp³-hybridized carbons (Fsp3) is 0.214. The van der Waals surface area contributed by atoms with E-state index in [2.05, 4.69) is 15.3 Å². The van der Waals surface area contributed by atoms with Gasteiger partial charge in [-0.15, -0.1) is 0 Å². The van der Waals surface area contributed by atoms with E-state index in [4.69, 9.17) is 5.73 Å². The molecule has 2 aromatic rings. The lowest BCUT2D eigenvalue weighted by atomic mass is 10.1. The first-order chi connectivity index (χ1) is 9.25. The first kappa shape index (κ1) is 13.2. The summed E-state index contributed by atoms with van der Waals surface area (Å²) in [5, 5.41) is 2.69. The van der Waals surface area contributed by atoms with Crippen LogP contribution in [0.15, 0.2) is 49.1 Å². The van der Waals surface area contributed by atoms with Gasteiger partial charge in [0.2, 0.25) is 5.91 Å². The third-order valence-corrected chi connectivity index (χ3v) is 2.75. The number of anilines is 1. The number of hydrogen-bond acceptors (Lipinski definition) is 4. The van der Waals surface area contributed by atoms with Gasteiger partial charge in [0, 0.05) is 0 Å². The summed E-state index contributed by atoms with van der Waals surface area (Å²) >= 11 is 0. The van der Waals surface area contributed by atoms with Crippen LogP contribution >= 0.6 is 0 Å². The number of amides is 1. The quantitative estimate of drug-likeness (QED) is 0.846. The van der Waals surface area contributed by atoms with E-state index in [1.807, 2.05) is 30.3 Å². The van der Waals surface area contributed by atoms with E-state index >= 15 is 0 Å². The number of hydrogen-bond donors (Lipinski definition) is 2. The van der Waals surface area contributed by atoms with Crippen molar-refractivity contribution in [2.24, 2.45) is 5.73 Å². The van der Waals surface area contributed by atoms with Crippen LogP contribution in [-0.4, -0.2) is 21.9 Å². The minimum atomic E-state index is -0.541. The predicted molar refractivity (Wildman–Crippen MR) is 73.4 cm³/mol. The normalized spacial score (nSPS) is 11.8. The third kappa shape index (κ3) is 4.15. The van der Waals surface area contributed by atoms with Crippen molar-refractivity contribution in [1.29, 1.82) is 0 Å². The van der Waals surface area contributed by atoms with Gasteiger partial charge in [0.05, 0.1) is 24.1 Å². The molecule has 2 rings (SSSR count). The molecular formula is C14H16N4O. The van der Waals surface area contributed by atoms with Gasteiger partial charge in [-0.1, -0.05) is 30.3 Å². The summed E-state index contributed by atoms with van der Waals surface area (Å²) in [4.78, 5) is 19.5. The molecule has 0 aliphatic carbocycles. The van der Waals surface area contributed by atoms with Crippen LogP contribution in [0.5, 0.6) is 0 Å². The van der Waals surface area contributed by atoms with E-state index < -0.39 is 6.04 Å². The summed E-state index contributed by atoms with van der Waals surface area (Å²) in [5.41, 5.74) is 7.59. The van der Waals surface area contributed by atoms with Gasteiger partial charge in [-0.2, -0.15) is 0 Å². The van der Waals surface area contributed by atoms with E-state index in [0.717, 1.165) is 6.42 Å². The Labute approximate surface area is 111 Å². The van der Waals surface area contributed by atoms with Gasteiger partial charge >= 0.3 is 0 Å². The second kappa shape index (κ2) is 6.61. The van der Waals surface area contributed by atoms with Crippen molar-refractivity contribution in [3.05, 3.63) is 54.6 Å². The molecule has 19 heavy (non-hydrogen) atoms. The van der Waals surface area contributed by atoms with Crippen LogP contribution in [-0.2, 0) is 11.2 Å². The molecule has 5 nitrogen and oxygen atoms in total. The smallest absolute Gasteiger partial charge is 0.241 e. The Bertz CT molecular complexity index is 515. The molecule has 0 fully saturated rings. The molecule has 1 amide bonds. The molecule has 1 atom stereocenters. The number of carbonyl (C=O) groups is 1. The highest BCUT2D eigenvalue weighted by Gasteiger charge is 2.13. The molecule has 0 aliphatic rings. The summed E-state index contributed by atoms with van der Waals surface area (Å²) < 4.78 is 0. The Morgan fingerprint density at radius 1 is 1.21 bits per heavy atom. The first-order valence-electron chi connectivity index (χ1n) is 6.11. The van der Waals surface area contributed by atoms with Crippen LogP contribution < -0.4 is 11.1 Å². The summed E-state index contributed by atoms with van der Waals surface area (Å²) in [6, 6.07) is 9.42. The summed E-state index contributed by atoms with van der Waals surface area (Å²) in [6.07, 6.45) is 5.86. The second-order valence-electron chi connectivity index (χ2n) is 4.25. The fourth-order valence-electron chi connectivity index (χ4n) is 1.70. The van der Waals surface area contributed by atoms with E-state index in [-0.39, 0.29) is 5.91 Å². The molecule has 0 bridgehead atoms. The maximum Gasteiger partial charge on any atom is 0.241 e. The maximum absolute atomic E-state index is 11.8. The monoisotopic (exact) mass is 256 g/mol. The van der Waals surface area contributed by atoms with Gasteiger partial charge in [0.1, 0.15) is 6.33 Å². The van der Waals surface area contributed by atoms with E-state index in [1.165, 1.54) is 24.3 Å². The number of benzene rings is 1. The number of nitrogens with one attached hydrogen (secondary N) is 1. The highest BCUT2D eigenvalue weighted by Crippen LogP contribution is 2.06. The van der Waals surface area contributed by atoms with Crippen molar-refractivity contribution < 1.29 is 4.79 Å². The zero-order chi connectivity index (χ0) is 13.5. The van der Waals surface area contributed by atoms with Crippen molar-refractivity contribution >= 4 is 11.6 Å². The third-order valence-electron chi connectivity index (χ3n) is 2.75. The molecule has 1 unspecified atom stereocenters. The molecular weight excluding hydrogens is 240 g/mol. The maximum atomic E-state index is 11.8. The van der Waals surface area contributed by atoms with Gasteiger partial charge in [0.25, 0.3) is 0 Å². The van der Waals surface area contributed by atoms with Gasteiger partial charge in [0.15, 0.2) is 0 Å². The minimum absolute atomic E-state index is 0.217. The Kier molecular flexibility index (Phi) is 4.58. The summed E-state index contributed by atoms with van der Waals surface area (Å²) in [5.74, 6) is -0.217. The van der Waals surface area contributed by atoms with Crippen LogP contribution in [0, 0.1) is 0 Å². The fourth-order valence-corrected chi connectivity index (χ4v) is 1.70. The number of rotatable bonds is 5. The highest BCUT2D eigenvalue weighted by molar-refractivity contribution is 5.94. The molecule has 98 valence electrons. The number of nitrogens with zero attached hydrogens (tertiary/aromatic N) is 2. The Hall–Kier alpha value is -2.27. The van der Waals surface area contributed by atoms with Crippen molar-refractivity contribution in [1.82, 2.24) is 9.97 Å². The average molecular weight is 256 g/mol. The summed E-state index contributed by atoms with van der Waals surface area (Å²) in [6.45, 7) is 0. The van der Waals surface area contributed by atoms with Crippen LogP contribution in [0.4, 0.5) is 5.69 Å². The SMILES string of the molecule is NC(CCc1ccccc1)C(=O)Nc1cncnc1. The molecule has 0 saturated heterocycles. The predicted octanol–water partition coefficient (Wildman–Crippen LogP) is 1.38. The molecule has 1 heterocycles. The topological polar surface area (TPSA) is 80.9 Å². The number of nitrogens with two attached hydrogens (primary N) is 1. The minimum Gasteiger partial charge on any atom is -0.322 e. The Morgan fingerprint density at radius 3 is 2.58 bits per heavy atom. The number of aromatic nitrogens is 2. The van der Waals surface area contributed by atoms with Crippen LogP contribution in [0.3, 0.4) is 0 Å². The molecule has 1 aromatic heterocycles. The summed E-state index contributed by atoms with van der Waals surface area (Å²) in [7, 11) is 0. The molecule has 0 aliphatic heterocycles. The highest BCUT2D eigenvalue weighted by atomic mass is 16.2. The van der Waals surface area contributed by atoms with Gasteiger partial charge in [-0.05, 0) is 18.4 Å². The van der Waals surface area contributed by atoms with Crippen molar-refractivity contribution in [2.45, 2.75) is 18.9 Å². The number of carbonyl (C=O) groups excluding carboxylic acids is 1. The average Bonchev–Trinajstić information content (AvgIpc) is 2.47. The standard InChI is InChI=1S/C14H16N4O/c15-13(7-6-11-4-2-1-3-5-11)14(19)18-12-8-16-10-17-9-12/h1-5,8-10,13H,6-7,15H2,(H,18,19). The van der Waals surface area contributed by atoms with E-state index in [9.17, 15) is 4.79 Å². The molecule has 0 spiro atoms. The van der Waals surface area contributed by atoms with Crippen molar-refractivity contribution in [3.8, 4) is 0 Å². The Balaban J connectivity index is 1.83. The first-order valence-corrected chi connectivity index (χ1v) is 6.11. The molecule has 1 aromatic carbocycles. The molecule has 0 saturated carbocycles. The van der Waals surface area contributed by atoms with Crippen LogP contribution in [0.1, 0.15) is 12.0 Å². The van der Waals surface area contributed by atoms with Crippen LogP contribution in [0.25, 0.3) is 0 Å². The lowest BCUT2D eigenvalue weighted by Crippen LogP contribution is -2.36. The van der Waals surface area contributed by atoms with E-state index in [1.54, 1.807) is 0 Å². The molecule has 3 N–H and O–H groups in total. The Morgan fingerprint density at radius 2 is 1.89 bits per heavy atom. The molecule has 5 heteroatoms. The van der Waals surface area contributed by atoms with Gasteiger partial charge < -0.3 is 11.1 Å². The van der Waals surface area contributed by atoms with Crippen LogP contribution in [0.2, 0.25) is 0 Å². The molecule has 0 radical (unpaired) electrons. The van der Waals surface area contributed by atoms with Crippen molar-refractivity contribution in [3.63, 3.8) is 0 Å². The second-order valence-corrected chi connectivity index (χ2v) is 4.25. The zero-order valence-corrected chi connectivity index (χ0v) is 10.5. The van der Waals surface area contributed by atoms with E-state index in [0.29, 0.717) is 12.1 Å². The lowest BCUT2D eigenvalue weighted by Gasteiger charge is -2.11. The van der Waals surface area contributed by atoms with Gasteiger partial charge in [-0.25, -0.2) is 9.97 Å². The lowest BCUT2D eigenvalue weighted by molar-refractivity contribution is -0.117. The largest absolute Gasteiger partial charge is 0.322 e. The van der Waals surface area contributed by atoms with Crippen molar-refractivity contribution in [2.75, 3.05) is 5.32 Å². The zero-order valence-electron chi connectivity index (χ0n) is 10.5. The number of aryl methyl sites for hydroxylation is 1.